The van der Waals surface area contributed by atoms with Crippen molar-refractivity contribution in [3.05, 3.63) is 35.6 Å². The fourth-order valence-corrected chi connectivity index (χ4v) is 2.23. The number of allylic oxidation sites excluding steroid dienone is 1. The van der Waals surface area contributed by atoms with E-state index < -0.39 is 0 Å². The van der Waals surface area contributed by atoms with Crippen molar-refractivity contribution in [1.82, 2.24) is 5.32 Å². The number of amides is 1. The molecule has 1 amide bonds. The third-order valence-electron chi connectivity index (χ3n) is 3.41. The summed E-state index contributed by atoms with van der Waals surface area (Å²) in [4.78, 5) is 11.8. The molecule has 0 radical (unpaired) electrons. The number of aryl methyl sites for hydroxylation is 1. The predicted octanol–water partition coefficient (Wildman–Crippen LogP) is 3.68. The van der Waals surface area contributed by atoms with Crippen LogP contribution in [0.5, 0.6) is 5.75 Å². The number of rotatable bonds is 5. The first kappa shape index (κ1) is 15.2. The normalized spacial score (nSPS) is 11.7. The monoisotopic (exact) mass is 287 g/mol. The Labute approximate surface area is 124 Å². The summed E-state index contributed by atoms with van der Waals surface area (Å²) in [6.45, 7) is 6.61. The number of hydrogen-bond acceptors (Lipinski definition) is 3. The highest BCUT2D eigenvalue weighted by Crippen LogP contribution is 2.33. The first-order valence-electron chi connectivity index (χ1n) is 7.09. The second kappa shape index (κ2) is 6.48. The number of ether oxygens (including phenoxy) is 1. The van der Waals surface area contributed by atoms with Gasteiger partial charge in [0.15, 0.2) is 0 Å². The van der Waals surface area contributed by atoms with Gasteiger partial charge in [0.1, 0.15) is 11.3 Å². The molecule has 112 valence electrons. The molecule has 4 nitrogen and oxygen atoms in total. The molecule has 1 N–H and O–H groups in total. The predicted molar refractivity (Wildman–Crippen MR) is 84.5 cm³/mol. The molecule has 4 heteroatoms. The van der Waals surface area contributed by atoms with Crippen molar-refractivity contribution in [3.8, 4) is 5.75 Å². The van der Waals surface area contributed by atoms with Crippen molar-refractivity contribution < 1.29 is 13.9 Å². The fraction of sp³-hybridized carbons (Fsp3) is 0.353. The minimum Gasteiger partial charge on any atom is -0.496 e. The average Bonchev–Trinajstić information content (AvgIpc) is 2.84. The highest BCUT2D eigenvalue weighted by molar-refractivity contribution is 5.97. The molecule has 1 aromatic heterocycles. The maximum absolute atomic E-state index is 11.8. The Morgan fingerprint density at radius 1 is 1.43 bits per heavy atom. The van der Waals surface area contributed by atoms with E-state index in [2.05, 4.69) is 5.32 Å². The second-order valence-electron chi connectivity index (χ2n) is 5.09. The molecule has 0 saturated heterocycles. The Hall–Kier alpha value is -2.23. The van der Waals surface area contributed by atoms with Gasteiger partial charge in [0.25, 0.3) is 0 Å². The minimum absolute atomic E-state index is 0.0829. The van der Waals surface area contributed by atoms with E-state index >= 15 is 0 Å². The average molecular weight is 287 g/mol. The maximum atomic E-state index is 11.8. The van der Waals surface area contributed by atoms with Crippen LogP contribution in [0.4, 0.5) is 0 Å². The molecule has 0 saturated carbocycles. The largest absolute Gasteiger partial charge is 0.496 e. The molecule has 21 heavy (non-hydrogen) atoms. The molecule has 2 aromatic rings. The molecule has 1 aromatic carbocycles. The first-order chi connectivity index (χ1) is 10.1. The number of methoxy groups -OCH3 is 1. The van der Waals surface area contributed by atoms with Crippen LogP contribution in [-0.2, 0) is 4.79 Å². The van der Waals surface area contributed by atoms with E-state index in [4.69, 9.17) is 9.15 Å². The topological polar surface area (TPSA) is 51.5 Å². The standard InChI is InChI=1S/C17H21NO3/c1-5-6-18-17(19)7-11(2)13-8-14-12(3)10-21-16(14)9-15(13)20-4/h7-10H,5-6H2,1-4H3,(H,18,19)/b11-7+. The molecule has 0 bridgehead atoms. The lowest BCUT2D eigenvalue weighted by Crippen LogP contribution is -2.21. The number of nitrogens with one attached hydrogen (secondary N) is 1. The lowest BCUT2D eigenvalue weighted by molar-refractivity contribution is -0.116. The van der Waals surface area contributed by atoms with Gasteiger partial charge in [-0.3, -0.25) is 4.79 Å². The summed E-state index contributed by atoms with van der Waals surface area (Å²) in [6.07, 6.45) is 4.25. The van der Waals surface area contributed by atoms with Gasteiger partial charge in [0, 0.05) is 29.6 Å². The van der Waals surface area contributed by atoms with Crippen molar-refractivity contribution in [1.29, 1.82) is 0 Å². The summed E-state index contributed by atoms with van der Waals surface area (Å²) in [5, 5.41) is 3.87. The van der Waals surface area contributed by atoms with Crippen LogP contribution in [0.3, 0.4) is 0 Å². The Kier molecular flexibility index (Phi) is 4.68. The van der Waals surface area contributed by atoms with Crippen LogP contribution in [0, 0.1) is 6.92 Å². The van der Waals surface area contributed by atoms with E-state index in [1.165, 1.54) is 0 Å². The van der Waals surface area contributed by atoms with Crippen molar-refractivity contribution in [2.75, 3.05) is 13.7 Å². The zero-order valence-electron chi connectivity index (χ0n) is 12.9. The van der Waals surface area contributed by atoms with E-state index in [0.717, 1.165) is 34.1 Å². The van der Waals surface area contributed by atoms with Crippen molar-refractivity contribution in [3.63, 3.8) is 0 Å². The molecule has 0 unspecified atom stereocenters. The minimum atomic E-state index is -0.0829. The van der Waals surface area contributed by atoms with Gasteiger partial charge in [0.2, 0.25) is 5.91 Å². The molecule has 0 atom stereocenters. The van der Waals surface area contributed by atoms with Crippen molar-refractivity contribution in [2.24, 2.45) is 0 Å². The summed E-state index contributed by atoms with van der Waals surface area (Å²) in [5.74, 6) is 0.620. The van der Waals surface area contributed by atoms with Gasteiger partial charge in [-0.15, -0.1) is 0 Å². The van der Waals surface area contributed by atoms with Crippen LogP contribution in [-0.4, -0.2) is 19.6 Å². The summed E-state index contributed by atoms with van der Waals surface area (Å²) in [5.41, 5.74) is 3.62. The third-order valence-corrected chi connectivity index (χ3v) is 3.41. The van der Waals surface area contributed by atoms with Crippen LogP contribution in [0.2, 0.25) is 0 Å². The van der Waals surface area contributed by atoms with Crippen LogP contribution in [0.1, 0.15) is 31.4 Å². The molecule has 0 aliphatic carbocycles. The van der Waals surface area contributed by atoms with Crippen molar-refractivity contribution in [2.45, 2.75) is 27.2 Å². The fourth-order valence-electron chi connectivity index (χ4n) is 2.23. The molecular weight excluding hydrogens is 266 g/mol. The maximum Gasteiger partial charge on any atom is 0.244 e. The van der Waals surface area contributed by atoms with Gasteiger partial charge in [-0.1, -0.05) is 6.92 Å². The zero-order chi connectivity index (χ0) is 15.4. The number of carbonyl (C=O) groups excluding carboxylic acids is 1. The first-order valence-corrected chi connectivity index (χ1v) is 7.09. The van der Waals surface area contributed by atoms with Gasteiger partial charge in [-0.05, 0) is 37.5 Å². The summed E-state index contributed by atoms with van der Waals surface area (Å²) >= 11 is 0. The van der Waals surface area contributed by atoms with Crippen LogP contribution < -0.4 is 10.1 Å². The Balaban J connectivity index is 2.41. The number of furan rings is 1. The van der Waals surface area contributed by atoms with Gasteiger partial charge < -0.3 is 14.5 Å². The number of carbonyl (C=O) groups is 1. The van der Waals surface area contributed by atoms with E-state index in [9.17, 15) is 4.79 Å². The van der Waals surface area contributed by atoms with Gasteiger partial charge >= 0.3 is 0 Å². The highest BCUT2D eigenvalue weighted by Gasteiger charge is 2.12. The smallest absolute Gasteiger partial charge is 0.244 e. The van der Waals surface area contributed by atoms with E-state index in [0.29, 0.717) is 12.3 Å². The molecule has 0 fully saturated rings. The van der Waals surface area contributed by atoms with Crippen LogP contribution >= 0.6 is 0 Å². The SMILES string of the molecule is CCCNC(=O)/C=C(\C)c1cc2c(C)coc2cc1OC. The van der Waals surface area contributed by atoms with Crippen LogP contribution in [0.15, 0.2) is 28.9 Å². The van der Waals surface area contributed by atoms with E-state index in [1.807, 2.05) is 32.9 Å². The molecule has 0 aliphatic heterocycles. The number of benzene rings is 1. The number of hydrogen-bond donors (Lipinski definition) is 1. The Morgan fingerprint density at radius 2 is 2.19 bits per heavy atom. The molecule has 2 rings (SSSR count). The molecular formula is C17H21NO3. The highest BCUT2D eigenvalue weighted by atomic mass is 16.5. The van der Waals surface area contributed by atoms with Crippen molar-refractivity contribution >= 4 is 22.4 Å². The van der Waals surface area contributed by atoms with E-state index in [-0.39, 0.29) is 5.91 Å². The Bertz CT molecular complexity index is 683. The number of fused-ring (bicyclic) bond motifs is 1. The zero-order valence-corrected chi connectivity index (χ0v) is 12.9. The molecule has 0 spiro atoms. The summed E-state index contributed by atoms with van der Waals surface area (Å²) in [7, 11) is 1.62. The van der Waals surface area contributed by atoms with E-state index in [1.54, 1.807) is 19.4 Å². The lowest BCUT2D eigenvalue weighted by Gasteiger charge is -2.09. The summed E-state index contributed by atoms with van der Waals surface area (Å²) in [6, 6.07) is 3.87. The van der Waals surface area contributed by atoms with Gasteiger partial charge in [-0.2, -0.15) is 0 Å². The molecule has 1 heterocycles. The van der Waals surface area contributed by atoms with Gasteiger partial charge in [0.05, 0.1) is 13.4 Å². The Morgan fingerprint density at radius 3 is 2.86 bits per heavy atom. The lowest BCUT2D eigenvalue weighted by atomic mass is 10.0. The van der Waals surface area contributed by atoms with Crippen LogP contribution in [0.25, 0.3) is 16.5 Å². The third kappa shape index (κ3) is 3.27. The second-order valence-corrected chi connectivity index (χ2v) is 5.09. The quantitative estimate of drug-likeness (QED) is 0.853. The van der Waals surface area contributed by atoms with Gasteiger partial charge in [-0.25, -0.2) is 0 Å². The molecule has 0 aliphatic rings. The summed E-state index contributed by atoms with van der Waals surface area (Å²) < 4.78 is 10.9.